The van der Waals surface area contributed by atoms with Crippen molar-refractivity contribution in [2.45, 2.75) is 281 Å². The molecule has 0 bridgehead atoms. The quantitative estimate of drug-likeness (QED) is 0.0277. The third-order valence-electron chi connectivity index (χ3n) is 12.3. The van der Waals surface area contributed by atoms with Gasteiger partial charge in [-0.1, -0.05) is 213 Å². The summed E-state index contributed by atoms with van der Waals surface area (Å²) in [7, 11) is 0. The molecule has 0 aromatic rings. The van der Waals surface area contributed by atoms with Crippen LogP contribution in [0.2, 0.25) is 0 Å². The van der Waals surface area contributed by atoms with Crippen LogP contribution in [0, 0.1) is 5.92 Å². The van der Waals surface area contributed by atoms with Crippen molar-refractivity contribution in [1.29, 1.82) is 0 Å². The second-order valence-corrected chi connectivity index (χ2v) is 18.4. The van der Waals surface area contributed by atoms with E-state index in [2.05, 4.69) is 26.1 Å². The molecule has 8 N–H and O–H groups in total. The maximum Gasteiger partial charge on any atom is 0.249 e. The van der Waals surface area contributed by atoms with Crippen LogP contribution in [0.5, 0.6) is 0 Å². The topological polar surface area (TPSA) is 189 Å². The number of hydrogen-bond donors (Lipinski definition) is 8. The van der Waals surface area contributed by atoms with Crippen molar-refractivity contribution in [3.8, 4) is 0 Å². The Morgan fingerprint density at radius 1 is 0.559 bits per heavy atom. The molecule has 0 aromatic carbocycles. The summed E-state index contributed by atoms with van der Waals surface area (Å²) in [4.78, 5) is 13.1. The van der Waals surface area contributed by atoms with E-state index in [-0.39, 0.29) is 6.42 Å². The van der Waals surface area contributed by atoms with Crippen LogP contribution in [0.25, 0.3) is 0 Å². The highest BCUT2D eigenvalue weighted by atomic mass is 16.7. The number of aliphatic hydroxyl groups is 7. The molecular weight excluding hydrogens is 751 g/mol. The van der Waals surface area contributed by atoms with Gasteiger partial charge < -0.3 is 50.5 Å². The maximum atomic E-state index is 13.1. The molecule has 0 saturated carbocycles. The zero-order valence-corrected chi connectivity index (χ0v) is 38.2. The largest absolute Gasteiger partial charge is 0.394 e. The van der Waals surface area contributed by atoms with Gasteiger partial charge in [0.2, 0.25) is 5.91 Å². The standard InChI is InChI=1S/C48H95NO10/c1-4-5-6-7-8-9-10-11-12-13-14-15-16-17-18-19-22-26-29-32-35-41(52)47(57)49-39(37-58-48-46(56)45(55)44(54)42(36-50)59-48)43(53)40(51)34-31-28-25-23-20-21-24-27-30-33-38(2)3/h38-46,48,50-56H,4-37H2,1-3H3,(H,49,57). The molecule has 0 spiro atoms. The van der Waals surface area contributed by atoms with Crippen molar-refractivity contribution in [2.24, 2.45) is 5.92 Å². The highest BCUT2D eigenvalue weighted by molar-refractivity contribution is 5.80. The zero-order chi connectivity index (χ0) is 43.5. The van der Waals surface area contributed by atoms with Crippen molar-refractivity contribution in [1.82, 2.24) is 5.32 Å². The van der Waals surface area contributed by atoms with E-state index in [1.54, 1.807) is 0 Å². The monoisotopic (exact) mass is 846 g/mol. The predicted molar refractivity (Wildman–Crippen MR) is 238 cm³/mol. The normalized spacial score (nSPS) is 21.8. The van der Waals surface area contributed by atoms with Gasteiger partial charge in [0.1, 0.15) is 36.6 Å². The lowest BCUT2D eigenvalue weighted by molar-refractivity contribution is -0.303. The number of carbonyl (C=O) groups is 1. The first-order valence-electron chi connectivity index (χ1n) is 24.8. The number of aliphatic hydroxyl groups excluding tert-OH is 7. The van der Waals surface area contributed by atoms with Crippen molar-refractivity contribution in [3.05, 3.63) is 0 Å². The second kappa shape index (κ2) is 37.6. The molecular formula is C48H95NO10. The van der Waals surface area contributed by atoms with Gasteiger partial charge in [0, 0.05) is 0 Å². The lowest BCUT2D eigenvalue weighted by Crippen LogP contribution is -2.60. The lowest BCUT2D eigenvalue weighted by atomic mass is 9.98. The molecule has 1 rings (SSSR count). The van der Waals surface area contributed by atoms with E-state index in [9.17, 15) is 40.5 Å². The Balaban J connectivity index is 2.37. The van der Waals surface area contributed by atoms with Crippen LogP contribution in [-0.2, 0) is 14.3 Å². The fourth-order valence-electron chi connectivity index (χ4n) is 8.21. The third-order valence-corrected chi connectivity index (χ3v) is 12.3. The first kappa shape index (κ1) is 56.1. The summed E-state index contributed by atoms with van der Waals surface area (Å²) in [5.41, 5.74) is 0. The van der Waals surface area contributed by atoms with E-state index in [1.807, 2.05) is 0 Å². The van der Waals surface area contributed by atoms with Crippen LogP contribution >= 0.6 is 0 Å². The van der Waals surface area contributed by atoms with E-state index < -0.39 is 74.2 Å². The first-order chi connectivity index (χ1) is 28.5. The summed E-state index contributed by atoms with van der Waals surface area (Å²) < 4.78 is 11.1. The molecule has 0 aliphatic carbocycles. The number of rotatable bonds is 41. The molecule has 9 unspecified atom stereocenters. The third kappa shape index (κ3) is 28.4. The summed E-state index contributed by atoms with van der Waals surface area (Å²) in [5, 5.41) is 75.7. The van der Waals surface area contributed by atoms with Crippen LogP contribution in [0.15, 0.2) is 0 Å². The Kier molecular flexibility index (Phi) is 35.8. The van der Waals surface area contributed by atoms with E-state index in [1.165, 1.54) is 141 Å². The van der Waals surface area contributed by atoms with Gasteiger partial charge in [-0.15, -0.1) is 0 Å². The van der Waals surface area contributed by atoms with Crippen LogP contribution in [-0.4, -0.2) is 110 Å². The van der Waals surface area contributed by atoms with Crippen LogP contribution in [0.3, 0.4) is 0 Å². The molecule has 0 radical (unpaired) electrons. The first-order valence-corrected chi connectivity index (χ1v) is 24.8. The Morgan fingerprint density at radius 2 is 0.949 bits per heavy atom. The van der Waals surface area contributed by atoms with Gasteiger partial charge in [-0.2, -0.15) is 0 Å². The molecule has 0 aromatic heterocycles. The molecule has 1 saturated heterocycles. The summed E-state index contributed by atoms with van der Waals surface area (Å²) >= 11 is 0. The van der Waals surface area contributed by atoms with Gasteiger partial charge in [0.25, 0.3) is 0 Å². The summed E-state index contributed by atoms with van der Waals surface area (Å²) in [6.45, 7) is 5.75. The van der Waals surface area contributed by atoms with Gasteiger partial charge in [0.05, 0.1) is 25.4 Å². The average molecular weight is 846 g/mol. The number of carbonyl (C=O) groups excluding carboxylic acids is 1. The van der Waals surface area contributed by atoms with E-state index >= 15 is 0 Å². The number of ether oxygens (including phenoxy) is 2. The molecule has 1 aliphatic heterocycles. The van der Waals surface area contributed by atoms with Crippen molar-refractivity contribution < 1.29 is 50.0 Å². The van der Waals surface area contributed by atoms with E-state index in [4.69, 9.17) is 9.47 Å². The van der Waals surface area contributed by atoms with E-state index in [0.717, 1.165) is 44.4 Å². The van der Waals surface area contributed by atoms with Gasteiger partial charge >= 0.3 is 0 Å². The molecule has 1 amide bonds. The Hall–Kier alpha value is -0.890. The molecule has 1 heterocycles. The predicted octanol–water partition coefficient (Wildman–Crippen LogP) is 8.53. The average Bonchev–Trinajstić information content (AvgIpc) is 3.22. The van der Waals surface area contributed by atoms with Crippen molar-refractivity contribution in [2.75, 3.05) is 13.2 Å². The van der Waals surface area contributed by atoms with Gasteiger partial charge in [-0.25, -0.2) is 0 Å². The second-order valence-electron chi connectivity index (χ2n) is 18.4. The van der Waals surface area contributed by atoms with Crippen LogP contribution < -0.4 is 5.32 Å². The van der Waals surface area contributed by atoms with Crippen LogP contribution in [0.1, 0.15) is 226 Å². The molecule has 59 heavy (non-hydrogen) atoms. The maximum absolute atomic E-state index is 13.1. The number of hydrogen-bond acceptors (Lipinski definition) is 10. The Bertz CT molecular complexity index is 941. The molecule has 9 atom stereocenters. The van der Waals surface area contributed by atoms with Crippen molar-refractivity contribution in [3.63, 3.8) is 0 Å². The molecule has 11 nitrogen and oxygen atoms in total. The number of nitrogens with one attached hydrogen (secondary N) is 1. The summed E-state index contributed by atoms with van der Waals surface area (Å²) in [6, 6.07) is -1.16. The Morgan fingerprint density at radius 3 is 1.36 bits per heavy atom. The molecule has 1 aliphatic rings. The SMILES string of the molecule is CCCCCCCCCCCCCCCCCCCCCCC(O)C(=O)NC(COC1OC(CO)C(O)C(O)C1O)C(O)C(O)CCCCCCCCCCCC(C)C. The van der Waals surface area contributed by atoms with E-state index in [0.29, 0.717) is 19.3 Å². The summed E-state index contributed by atoms with van der Waals surface area (Å²) in [6.07, 6.45) is 25.9. The highest BCUT2D eigenvalue weighted by Gasteiger charge is 2.44. The van der Waals surface area contributed by atoms with Gasteiger partial charge in [-0.3, -0.25) is 4.79 Å². The minimum Gasteiger partial charge on any atom is -0.394 e. The summed E-state index contributed by atoms with van der Waals surface area (Å²) in [5.74, 6) is 0.0701. The van der Waals surface area contributed by atoms with Gasteiger partial charge in [-0.05, 0) is 18.8 Å². The van der Waals surface area contributed by atoms with Crippen LogP contribution in [0.4, 0.5) is 0 Å². The minimum absolute atomic E-state index is 0.266. The fraction of sp³-hybridized carbons (Fsp3) is 0.979. The fourth-order valence-corrected chi connectivity index (χ4v) is 8.21. The minimum atomic E-state index is -1.66. The lowest BCUT2D eigenvalue weighted by Gasteiger charge is -2.40. The molecule has 1 fully saturated rings. The number of unbranched alkanes of at least 4 members (excludes halogenated alkanes) is 27. The molecule has 11 heteroatoms. The molecule has 352 valence electrons. The van der Waals surface area contributed by atoms with Crippen molar-refractivity contribution >= 4 is 5.91 Å². The van der Waals surface area contributed by atoms with Gasteiger partial charge in [0.15, 0.2) is 6.29 Å². The number of amides is 1. The zero-order valence-electron chi connectivity index (χ0n) is 38.2. The highest BCUT2D eigenvalue weighted by Crippen LogP contribution is 2.23. The smallest absolute Gasteiger partial charge is 0.249 e. The Labute approximate surface area is 360 Å².